The van der Waals surface area contributed by atoms with Gasteiger partial charge in [0, 0.05) is 11.6 Å². The van der Waals surface area contributed by atoms with Gasteiger partial charge in [-0.15, -0.1) is 0 Å². The number of hydrogen-bond acceptors (Lipinski definition) is 2. The molecule has 7 aromatic rings. The number of para-hydroxylation sites is 2. The summed E-state index contributed by atoms with van der Waals surface area (Å²) in [4.78, 5) is 0. The lowest BCUT2D eigenvalue weighted by atomic mass is 9.89. The van der Waals surface area contributed by atoms with Crippen molar-refractivity contribution in [3.05, 3.63) is 133 Å². The zero-order chi connectivity index (χ0) is 23.9. The predicted octanol–water partition coefficient (Wildman–Crippen LogP) is 9.84. The van der Waals surface area contributed by atoms with Crippen LogP contribution in [0.5, 0.6) is 23.0 Å². The summed E-state index contributed by atoms with van der Waals surface area (Å²) in [5.41, 5.74) is 2.16. The SMILES string of the molecule is c1ccc(Oc2ccc(-c3ccc4ccc5cccc6ccc3c4c56)c(Oc3ccccc3)c2)cc1. The Kier molecular flexibility index (Phi) is 4.82. The van der Waals surface area contributed by atoms with E-state index in [1.165, 1.54) is 32.3 Å². The van der Waals surface area contributed by atoms with Crippen LogP contribution in [0.1, 0.15) is 0 Å². The Balaban J connectivity index is 1.43. The fourth-order valence-corrected chi connectivity index (χ4v) is 5.08. The molecule has 0 spiro atoms. The summed E-state index contributed by atoms with van der Waals surface area (Å²) in [6, 6.07) is 45.6. The molecule has 0 saturated heterocycles. The van der Waals surface area contributed by atoms with Gasteiger partial charge < -0.3 is 9.47 Å². The van der Waals surface area contributed by atoms with Crippen molar-refractivity contribution in [2.45, 2.75) is 0 Å². The highest BCUT2D eigenvalue weighted by Crippen LogP contribution is 2.43. The minimum atomic E-state index is 0.730. The molecule has 0 heterocycles. The maximum atomic E-state index is 6.45. The molecule has 170 valence electrons. The number of benzene rings is 7. The molecule has 0 aliphatic heterocycles. The molecule has 0 amide bonds. The van der Waals surface area contributed by atoms with E-state index in [2.05, 4.69) is 60.7 Å². The lowest BCUT2D eigenvalue weighted by molar-refractivity contribution is 0.461. The van der Waals surface area contributed by atoms with Gasteiger partial charge in [0.05, 0.1) is 0 Å². The predicted molar refractivity (Wildman–Crippen MR) is 149 cm³/mol. The molecular weight excluding hydrogens is 440 g/mol. The van der Waals surface area contributed by atoms with Crippen molar-refractivity contribution in [3.63, 3.8) is 0 Å². The Hall–Kier alpha value is -4.82. The molecule has 0 atom stereocenters. The van der Waals surface area contributed by atoms with Crippen LogP contribution in [-0.4, -0.2) is 0 Å². The van der Waals surface area contributed by atoms with Crippen LogP contribution in [0.15, 0.2) is 133 Å². The molecule has 0 saturated carbocycles. The first kappa shape index (κ1) is 20.5. The first-order valence-corrected chi connectivity index (χ1v) is 12.1. The van der Waals surface area contributed by atoms with E-state index < -0.39 is 0 Å². The van der Waals surface area contributed by atoms with Crippen LogP contribution >= 0.6 is 0 Å². The lowest BCUT2D eigenvalue weighted by Gasteiger charge is -2.17. The third-order valence-electron chi connectivity index (χ3n) is 6.72. The first-order valence-electron chi connectivity index (χ1n) is 12.1. The Labute approximate surface area is 209 Å². The molecular formula is C34H22O2. The molecule has 0 radical (unpaired) electrons. The monoisotopic (exact) mass is 462 g/mol. The van der Waals surface area contributed by atoms with E-state index in [4.69, 9.17) is 9.47 Å². The van der Waals surface area contributed by atoms with E-state index in [-0.39, 0.29) is 0 Å². The third kappa shape index (κ3) is 3.52. The van der Waals surface area contributed by atoms with Crippen LogP contribution in [0.25, 0.3) is 43.4 Å². The van der Waals surface area contributed by atoms with E-state index >= 15 is 0 Å². The van der Waals surface area contributed by atoms with Crippen LogP contribution in [-0.2, 0) is 0 Å². The molecule has 0 N–H and O–H groups in total. The summed E-state index contributed by atoms with van der Waals surface area (Å²) in [7, 11) is 0. The fourth-order valence-electron chi connectivity index (χ4n) is 5.08. The highest BCUT2D eigenvalue weighted by Gasteiger charge is 2.16. The Morgan fingerprint density at radius 3 is 1.67 bits per heavy atom. The molecule has 7 aromatic carbocycles. The van der Waals surface area contributed by atoms with Gasteiger partial charge >= 0.3 is 0 Å². The van der Waals surface area contributed by atoms with E-state index in [9.17, 15) is 0 Å². The average Bonchev–Trinajstić information content (AvgIpc) is 2.93. The molecule has 0 aliphatic carbocycles. The molecule has 2 nitrogen and oxygen atoms in total. The maximum absolute atomic E-state index is 6.45. The van der Waals surface area contributed by atoms with Crippen LogP contribution in [0, 0.1) is 0 Å². The number of rotatable bonds is 5. The zero-order valence-corrected chi connectivity index (χ0v) is 19.5. The maximum Gasteiger partial charge on any atom is 0.138 e. The number of hydrogen-bond donors (Lipinski definition) is 0. The second-order valence-electron chi connectivity index (χ2n) is 8.96. The third-order valence-corrected chi connectivity index (χ3v) is 6.72. The van der Waals surface area contributed by atoms with Crippen molar-refractivity contribution >= 4 is 32.3 Å². The molecule has 2 heteroatoms. The van der Waals surface area contributed by atoms with Gasteiger partial charge in [0.25, 0.3) is 0 Å². The summed E-state index contributed by atoms with van der Waals surface area (Å²) >= 11 is 0. The van der Waals surface area contributed by atoms with Crippen molar-refractivity contribution in [3.8, 4) is 34.1 Å². The van der Waals surface area contributed by atoms with E-state index in [1.807, 2.05) is 72.8 Å². The van der Waals surface area contributed by atoms with Gasteiger partial charge in [-0.1, -0.05) is 91.0 Å². The minimum absolute atomic E-state index is 0.730. The van der Waals surface area contributed by atoms with Gasteiger partial charge in [-0.2, -0.15) is 0 Å². The molecule has 36 heavy (non-hydrogen) atoms. The summed E-state index contributed by atoms with van der Waals surface area (Å²) in [6.07, 6.45) is 0. The summed E-state index contributed by atoms with van der Waals surface area (Å²) in [6.45, 7) is 0. The largest absolute Gasteiger partial charge is 0.457 e. The molecule has 0 aliphatic rings. The quantitative estimate of drug-likeness (QED) is 0.237. The minimum Gasteiger partial charge on any atom is -0.457 e. The van der Waals surface area contributed by atoms with E-state index in [0.29, 0.717) is 0 Å². The van der Waals surface area contributed by atoms with Crippen molar-refractivity contribution in [1.82, 2.24) is 0 Å². The Bertz CT molecular complexity index is 1810. The van der Waals surface area contributed by atoms with Gasteiger partial charge in [-0.25, -0.2) is 0 Å². The highest BCUT2D eigenvalue weighted by molar-refractivity contribution is 6.25. The van der Waals surface area contributed by atoms with Gasteiger partial charge in [0.15, 0.2) is 0 Å². The average molecular weight is 463 g/mol. The lowest BCUT2D eigenvalue weighted by Crippen LogP contribution is -1.92. The standard InChI is InChI=1S/C34H22O2/c1-3-10-26(11-4-1)35-28-18-21-30(32(22-28)36-27-12-5-2-6-13-27)29-19-16-25-15-14-23-8-7-9-24-17-20-31(29)34(25)33(23)24/h1-22H. The second kappa shape index (κ2) is 8.44. The molecule has 0 fully saturated rings. The van der Waals surface area contributed by atoms with Gasteiger partial charge in [-0.05, 0) is 74.3 Å². The fraction of sp³-hybridized carbons (Fsp3) is 0. The zero-order valence-electron chi connectivity index (χ0n) is 19.5. The highest BCUT2D eigenvalue weighted by atomic mass is 16.5. The first-order chi connectivity index (χ1) is 17.8. The molecule has 7 rings (SSSR count). The summed E-state index contributed by atoms with van der Waals surface area (Å²) < 4.78 is 12.6. The Morgan fingerprint density at radius 2 is 0.944 bits per heavy atom. The smallest absolute Gasteiger partial charge is 0.138 e. The van der Waals surface area contributed by atoms with Crippen molar-refractivity contribution in [1.29, 1.82) is 0 Å². The van der Waals surface area contributed by atoms with Gasteiger partial charge in [0.1, 0.15) is 23.0 Å². The Morgan fingerprint density at radius 1 is 0.361 bits per heavy atom. The van der Waals surface area contributed by atoms with Gasteiger partial charge in [-0.3, -0.25) is 0 Å². The van der Waals surface area contributed by atoms with Crippen LogP contribution in [0.2, 0.25) is 0 Å². The van der Waals surface area contributed by atoms with Crippen molar-refractivity contribution in [2.75, 3.05) is 0 Å². The van der Waals surface area contributed by atoms with E-state index in [1.54, 1.807) is 0 Å². The van der Waals surface area contributed by atoms with Crippen molar-refractivity contribution in [2.24, 2.45) is 0 Å². The normalized spacial score (nSPS) is 11.3. The van der Waals surface area contributed by atoms with E-state index in [0.717, 1.165) is 34.1 Å². The van der Waals surface area contributed by atoms with Crippen LogP contribution in [0.3, 0.4) is 0 Å². The van der Waals surface area contributed by atoms with Crippen LogP contribution < -0.4 is 9.47 Å². The topological polar surface area (TPSA) is 18.5 Å². The second-order valence-corrected chi connectivity index (χ2v) is 8.96. The van der Waals surface area contributed by atoms with Gasteiger partial charge in [0.2, 0.25) is 0 Å². The van der Waals surface area contributed by atoms with Crippen LogP contribution in [0.4, 0.5) is 0 Å². The summed E-state index contributed by atoms with van der Waals surface area (Å²) in [5.74, 6) is 3.06. The van der Waals surface area contributed by atoms with Crippen molar-refractivity contribution < 1.29 is 9.47 Å². The summed E-state index contributed by atoms with van der Waals surface area (Å²) in [5, 5.41) is 7.58. The molecule has 0 aromatic heterocycles. The number of ether oxygens (including phenoxy) is 2. The molecule has 0 bridgehead atoms. The molecule has 0 unspecified atom stereocenters.